The van der Waals surface area contributed by atoms with Crippen molar-refractivity contribution in [1.29, 1.82) is 0 Å². The van der Waals surface area contributed by atoms with E-state index in [0.717, 1.165) is 10.5 Å². The van der Waals surface area contributed by atoms with E-state index in [1.165, 1.54) is 0 Å². The van der Waals surface area contributed by atoms with Crippen LogP contribution in [0.1, 0.15) is 19.4 Å². The molecule has 1 atom stereocenters. The second kappa shape index (κ2) is 6.30. The zero-order valence-electron chi connectivity index (χ0n) is 13.6. The molecule has 0 N–H and O–H groups in total. The first-order valence-electron chi connectivity index (χ1n) is 7.38. The number of rotatable bonds is 4. The third-order valence-corrected chi connectivity index (χ3v) is 4.64. The van der Waals surface area contributed by atoms with Crippen molar-refractivity contribution in [2.24, 2.45) is 0 Å². The number of esters is 1. The Morgan fingerprint density at radius 3 is 2.33 bits per heavy atom. The number of benzene rings is 1. The molecule has 2 heterocycles. The molecule has 0 fully saturated rings. The Labute approximate surface area is 143 Å². The fourth-order valence-corrected chi connectivity index (χ4v) is 3.13. The van der Waals surface area contributed by atoms with Gasteiger partial charge in [0.2, 0.25) is 5.76 Å². The lowest BCUT2D eigenvalue weighted by atomic mass is 9.92. The Morgan fingerprint density at radius 1 is 1.12 bits per heavy atom. The molecule has 124 valence electrons. The molecule has 3 rings (SSSR count). The van der Waals surface area contributed by atoms with Gasteiger partial charge in [-0.1, -0.05) is 0 Å². The number of carbonyl (C=O) groups is 1. The number of hydrogen-bond acceptors (Lipinski definition) is 5. The maximum absolute atomic E-state index is 12.3. The van der Waals surface area contributed by atoms with Crippen molar-refractivity contribution >= 4 is 22.7 Å². The fourth-order valence-electron chi connectivity index (χ4n) is 2.61. The molecule has 2 aromatic rings. The van der Waals surface area contributed by atoms with Gasteiger partial charge in [0.1, 0.15) is 17.6 Å². The van der Waals surface area contributed by atoms with Gasteiger partial charge in [0.05, 0.1) is 5.57 Å². The van der Waals surface area contributed by atoms with Crippen LogP contribution < -0.4 is 4.74 Å². The number of aromatic nitrogens is 1. The molecule has 1 aliphatic rings. The summed E-state index contributed by atoms with van der Waals surface area (Å²) >= 11 is -1.06. The predicted octanol–water partition coefficient (Wildman–Crippen LogP) is 2.94. The molecule has 0 aliphatic carbocycles. The van der Waals surface area contributed by atoms with Crippen LogP contribution in [0.5, 0.6) is 5.75 Å². The van der Waals surface area contributed by atoms with E-state index in [2.05, 4.69) is 4.98 Å². The summed E-state index contributed by atoms with van der Waals surface area (Å²) in [5.41, 5.74) is 0.647. The van der Waals surface area contributed by atoms with Crippen LogP contribution in [-0.2, 0) is 20.7 Å². The molecule has 1 aromatic heterocycles. The maximum atomic E-state index is 12.3. The molecule has 0 saturated carbocycles. The second-order valence-corrected chi connectivity index (χ2v) is 7.25. The minimum Gasteiger partial charge on any atom is -0.612 e. The Bertz CT molecular complexity index is 782. The minimum absolute atomic E-state index is 0.163. The van der Waals surface area contributed by atoms with Crippen LogP contribution in [-0.4, -0.2) is 27.4 Å². The van der Waals surface area contributed by atoms with Gasteiger partial charge in [-0.05, 0) is 67.0 Å². The van der Waals surface area contributed by atoms with Gasteiger partial charge in [0, 0.05) is 12.4 Å². The van der Waals surface area contributed by atoms with E-state index in [1.54, 1.807) is 42.9 Å². The van der Waals surface area contributed by atoms with E-state index in [1.807, 2.05) is 26.0 Å². The van der Waals surface area contributed by atoms with Crippen LogP contribution in [0.3, 0.4) is 0 Å². The molecular weight excluding hydrogens is 326 g/mol. The Hall–Kier alpha value is -2.31. The average molecular weight is 343 g/mol. The molecule has 0 amide bonds. The zero-order chi connectivity index (χ0) is 17.3. The van der Waals surface area contributed by atoms with Crippen molar-refractivity contribution in [3.05, 3.63) is 60.1 Å². The monoisotopic (exact) mass is 343 g/mol. The van der Waals surface area contributed by atoms with Crippen LogP contribution >= 0.6 is 0 Å². The standard InChI is InChI=1S/C18H17NO4S/c1-18(2)15(12-4-6-14(7-5-12)24(3)21)16(17(20)23-18)22-13-8-10-19-11-9-13/h4-11H,1-3H3. The molecule has 0 bridgehead atoms. The van der Waals surface area contributed by atoms with Gasteiger partial charge in [-0.15, -0.1) is 0 Å². The molecule has 6 heteroatoms. The third-order valence-electron chi connectivity index (χ3n) is 3.71. The number of carbonyl (C=O) groups excluding carboxylic acids is 1. The minimum atomic E-state index is -1.06. The maximum Gasteiger partial charge on any atom is 0.375 e. The Balaban J connectivity index is 2.05. The lowest BCUT2D eigenvalue weighted by Gasteiger charge is -2.21. The Morgan fingerprint density at radius 2 is 1.75 bits per heavy atom. The quantitative estimate of drug-likeness (QED) is 0.630. The normalized spacial score (nSPS) is 17.6. The van der Waals surface area contributed by atoms with Crippen LogP contribution in [0.25, 0.3) is 5.57 Å². The largest absolute Gasteiger partial charge is 0.612 e. The first-order valence-corrected chi connectivity index (χ1v) is 8.94. The lowest BCUT2D eigenvalue weighted by Crippen LogP contribution is -2.22. The summed E-state index contributed by atoms with van der Waals surface area (Å²) < 4.78 is 22.8. The SMILES string of the molecule is C[S+]([O-])c1ccc(C2=C(Oc3ccncc3)C(=O)OC2(C)C)cc1. The fraction of sp³-hybridized carbons (Fsp3) is 0.222. The molecule has 0 spiro atoms. The van der Waals surface area contributed by atoms with Crippen molar-refractivity contribution in [2.75, 3.05) is 6.26 Å². The summed E-state index contributed by atoms with van der Waals surface area (Å²) in [6, 6.07) is 10.6. The highest BCUT2D eigenvalue weighted by Gasteiger charge is 2.43. The van der Waals surface area contributed by atoms with Gasteiger partial charge in [-0.3, -0.25) is 4.98 Å². The van der Waals surface area contributed by atoms with E-state index in [0.29, 0.717) is 11.3 Å². The van der Waals surface area contributed by atoms with Crippen LogP contribution in [0.2, 0.25) is 0 Å². The van der Waals surface area contributed by atoms with Crippen molar-refractivity contribution < 1.29 is 18.8 Å². The Kier molecular flexibility index (Phi) is 4.34. The first kappa shape index (κ1) is 16.5. The average Bonchev–Trinajstić information content (AvgIpc) is 2.77. The molecule has 24 heavy (non-hydrogen) atoms. The molecule has 1 aliphatic heterocycles. The summed E-state index contributed by atoms with van der Waals surface area (Å²) in [6.45, 7) is 3.63. The van der Waals surface area contributed by atoms with Crippen molar-refractivity contribution in [2.45, 2.75) is 24.3 Å². The van der Waals surface area contributed by atoms with Gasteiger partial charge in [-0.2, -0.15) is 0 Å². The summed E-state index contributed by atoms with van der Waals surface area (Å²) in [5, 5.41) is 0. The van der Waals surface area contributed by atoms with Gasteiger partial charge in [0.15, 0.2) is 4.90 Å². The highest BCUT2D eigenvalue weighted by Crippen LogP contribution is 2.40. The molecule has 1 aromatic carbocycles. The summed E-state index contributed by atoms with van der Waals surface area (Å²) in [5.74, 6) is 0.171. The third kappa shape index (κ3) is 3.16. The van der Waals surface area contributed by atoms with Crippen LogP contribution in [0.15, 0.2) is 59.4 Å². The molecular formula is C18H17NO4S. The topological polar surface area (TPSA) is 71.5 Å². The zero-order valence-corrected chi connectivity index (χ0v) is 14.4. The van der Waals surface area contributed by atoms with Crippen LogP contribution in [0, 0.1) is 0 Å². The van der Waals surface area contributed by atoms with Gasteiger partial charge >= 0.3 is 5.97 Å². The van der Waals surface area contributed by atoms with Crippen molar-refractivity contribution in [3.8, 4) is 5.75 Å². The number of nitrogens with zero attached hydrogens (tertiary/aromatic N) is 1. The molecule has 5 nitrogen and oxygen atoms in total. The summed E-state index contributed by atoms with van der Waals surface area (Å²) in [4.78, 5) is 16.9. The summed E-state index contributed by atoms with van der Waals surface area (Å²) in [7, 11) is 0. The van der Waals surface area contributed by atoms with E-state index >= 15 is 0 Å². The van der Waals surface area contributed by atoms with Gasteiger partial charge in [0.25, 0.3) is 0 Å². The summed E-state index contributed by atoms with van der Waals surface area (Å²) in [6.07, 6.45) is 4.80. The van der Waals surface area contributed by atoms with Crippen molar-refractivity contribution in [1.82, 2.24) is 4.98 Å². The smallest absolute Gasteiger partial charge is 0.375 e. The van der Waals surface area contributed by atoms with E-state index < -0.39 is 22.7 Å². The lowest BCUT2D eigenvalue weighted by molar-refractivity contribution is -0.145. The molecule has 0 radical (unpaired) electrons. The molecule has 1 unspecified atom stereocenters. The van der Waals surface area contributed by atoms with Gasteiger partial charge < -0.3 is 14.0 Å². The predicted molar refractivity (Wildman–Crippen MR) is 90.7 cm³/mol. The first-order chi connectivity index (χ1) is 11.4. The highest BCUT2D eigenvalue weighted by atomic mass is 32.2. The second-order valence-electron chi connectivity index (χ2n) is 5.87. The van der Waals surface area contributed by atoms with E-state index in [9.17, 15) is 9.35 Å². The molecule has 0 saturated heterocycles. The van der Waals surface area contributed by atoms with Gasteiger partial charge in [-0.25, -0.2) is 4.79 Å². The van der Waals surface area contributed by atoms with Crippen molar-refractivity contribution in [3.63, 3.8) is 0 Å². The highest BCUT2D eigenvalue weighted by molar-refractivity contribution is 7.90. The number of pyridine rings is 1. The van der Waals surface area contributed by atoms with E-state index in [-0.39, 0.29) is 5.76 Å². The van der Waals surface area contributed by atoms with E-state index in [4.69, 9.17) is 9.47 Å². The number of hydrogen-bond donors (Lipinski definition) is 0. The van der Waals surface area contributed by atoms with Crippen LogP contribution in [0.4, 0.5) is 0 Å². The number of ether oxygens (including phenoxy) is 2. The number of cyclic esters (lactones) is 1.